The molecule has 0 aliphatic carbocycles. The van der Waals surface area contributed by atoms with Crippen molar-refractivity contribution >= 4 is 29.4 Å². The summed E-state index contributed by atoms with van der Waals surface area (Å²) >= 11 is 1.25. The van der Waals surface area contributed by atoms with Gasteiger partial charge in [-0.2, -0.15) is 0 Å². The van der Waals surface area contributed by atoms with Gasteiger partial charge in [0.25, 0.3) is 5.91 Å². The molecule has 1 aromatic carbocycles. The SMILES string of the molecule is CC/C=C\SNC(=O)c1cc(OC2CCN(C(C)=O)C2)ccc1NC. The van der Waals surface area contributed by atoms with E-state index in [2.05, 4.69) is 10.0 Å². The fraction of sp³-hybridized carbons (Fsp3) is 0.444. The molecule has 0 bridgehead atoms. The van der Waals surface area contributed by atoms with Crippen LogP contribution in [-0.2, 0) is 4.79 Å². The number of carbonyl (C=O) groups excluding carboxylic acids is 2. The molecular formula is C18H25N3O3S. The summed E-state index contributed by atoms with van der Waals surface area (Å²) in [5.41, 5.74) is 1.26. The molecule has 7 heteroatoms. The van der Waals surface area contributed by atoms with Crippen LogP contribution >= 0.6 is 11.9 Å². The van der Waals surface area contributed by atoms with Gasteiger partial charge in [-0.05, 0) is 42.0 Å². The molecular weight excluding hydrogens is 338 g/mol. The minimum Gasteiger partial charge on any atom is -0.488 e. The zero-order valence-corrected chi connectivity index (χ0v) is 15.7. The van der Waals surface area contributed by atoms with Crippen LogP contribution in [0.4, 0.5) is 5.69 Å². The van der Waals surface area contributed by atoms with Gasteiger partial charge in [0.1, 0.15) is 11.9 Å². The summed E-state index contributed by atoms with van der Waals surface area (Å²) in [6.07, 6.45) is 3.66. The quantitative estimate of drug-likeness (QED) is 0.729. The van der Waals surface area contributed by atoms with Crippen LogP contribution in [0, 0.1) is 0 Å². The van der Waals surface area contributed by atoms with E-state index in [1.54, 1.807) is 24.9 Å². The lowest BCUT2D eigenvalue weighted by molar-refractivity contribution is -0.128. The van der Waals surface area contributed by atoms with Gasteiger partial charge in [0.15, 0.2) is 0 Å². The van der Waals surface area contributed by atoms with E-state index in [4.69, 9.17) is 4.74 Å². The standard InChI is InChI=1S/C18H25N3O3S/c1-4-5-10-25-20-18(23)16-11-14(6-7-17(16)19-3)24-15-8-9-21(12-15)13(2)22/h5-7,10-11,15,19H,4,8-9,12H2,1-3H3,(H,20,23)/b10-5-. The maximum absolute atomic E-state index is 12.4. The Labute approximate surface area is 153 Å². The number of nitrogens with zero attached hydrogens (tertiary/aromatic N) is 1. The molecule has 6 nitrogen and oxygen atoms in total. The molecule has 1 aromatic rings. The van der Waals surface area contributed by atoms with Gasteiger partial charge in [-0.25, -0.2) is 0 Å². The second-order valence-corrected chi connectivity index (χ2v) is 6.49. The number of rotatable bonds is 7. The third-order valence-corrected chi connectivity index (χ3v) is 4.58. The lowest BCUT2D eigenvalue weighted by Crippen LogP contribution is -2.28. The van der Waals surface area contributed by atoms with Gasteiger partial charge in [-0.1, -0.05) is 13.0 Å². The van der Waals surface area contributed by atoms with Crippen LogP contribution < -0.4 is 14.8 Å². The van der Waals surface area contributed by atoms with Crippen molar-refractivity contribution in [2.45, 2.75) is 32.8 Å². The molecule has 1 saturated heterocycles. The number of ether oxygens (including phenoxy) is 1. The van der Waals surface area contributed by atoms with Crippen molar-refractivity contribution in [2.75, 3.05) is 25.5 Å². The monoisotopic (exact) mass is 363 g/mol. The number of nitrogens with one attached hydrogen (secondary N) is 2. The molecule has 1 fully saturated rings. The number of benzene rings is 1. The summed E-state index contributed by atoms with van der Waals surface area (Å²) in [7, 11) is 1.78. The molecule has 136 valence electrons. The number of carbonyl (C=O) groups is 2. The van der Waals surface area contributed by atoms with Crippen molar-refractivity contribution < 1.29 is 14.3 Å². The molecule has 1 heterocycles. The number of allylic oxidation sites excluding steroid dienone is 1. The fourth-order valence-corrected chi connectivity index (χ4v) is 3.17. The van der Waals surface area contributed by atoms with E-state index in [-0.39, 0.29) is 17.9 Å². The van der Waals surface area contributed by atoms with Gasteiger partial charge in [-0.15, -0.1) is 0 Å². The number of likely N-dealkylation sites (tertiary alicyclic amines) is 1. The Balaban J connectivity index is 2.04. The summed E-state index contributed by atoms with van der Waals surface area (Å²) in [6.45, 7) is 4.90. The first-order valence-electron chi connectivity index (χ1n) is 8.40. The average molecular weight is 363 g/mol. The third kappa shape index (κ3) is 5.42. The van der Waals surface area contributed by atoms with Crippen molar-refractivity contribution in [3.63, 3.8) is 0 Å². The number of amides is 2. The summed E-state index contributed by atoms with van der Waals surface area (Å²) in [4.78, 5) is 25.6. The zero-order chi connectivity index (χ0) is 18.2. The van der Waals surface area contributed by atoms with Crippen LogP contribution in [0.3, 0.4) is 0 Å². The molecule has 0 aromatic heterocycles. The maximum atomic E-state index is 12.4. The Hall–Kier alpha value is -2.15. The summed E-state index contributed by atoms with van der Waals surface area (Å²) in [5.74, 6) is 0.514. The second-order valence-electron chi connectivity index (χ2n) is 5.78. The largest absolute Gasteiger partial charge is 0.488 e. The number of hydrogen-bond donors (Lipinski definition) is 2. The Morgan fingerprint density at radius 2 is 2.24 bits per heavy atom. The normalized spacial score (nSPS) is 16.9. The van der Waals surface area contributed by atoms with Gasteiger partial charge in [-0.3, -0.25) is 14.3 Å². The molecule has 2 amide bonds. The maximum Gasteiger partial charge on any atom is 0.263 e. The first kappa shape index (κ1) is 19.2. The number of anilines is 1. The molecule has 2 rings (SSSR count). The molecule has 1 aliphatic heterocycles. The molecule has 0 spiro atoms. The second kappa shape index (κ2) is 9.36. The first-order valence-corrected chi connectivity index (χ1v) is 9.28. The van der Waals surface area contributed by atoms with E-state index >= 15 is 0 Å². The summed E-state index contributed by atoms with van der Waals surface area (Å²) < 4.78 is 8.76. The van der Waals surface area contributed by atoms with Crippen molar-refractivity contribution in [2.24, 2.45) is 0 Å². The van der Waals surface area contributed by atoms with Crippen LogP contribution in [0.2, 0.25) is 0 Å². The van der Waals surface area contributed by atoms with E-state index < -0.39 is 0 Å². The van der Waals surface area contributed by atoms with Gasteiger partial charge < -0.3 is 15.0 Å². The van der Waals surface area contributed by atoms with Crippen molar-refractivity contribution in [1.82, 2.24) is 9.62 Å². The van der Waals surface area contributed by atoms with Gasteiger partial charge in [0, 0.05) is 32.6 Å². The fourth-order valence-electron chi connectivity index (χ4n) is 2.59. The average Bonchev–Trinajstić information content (AvgIpc) is 3.07. The van der Waals surface area contributed by atoms with E-state index in [0.717, 1.165) is 18.5 Å². The van der Waals surface area contributed by atoms with Crippen molar-refractivity contribution in [1.29, 1.82) is 0 Å². The predicted molar refractivity (Wildman–Crippen MR) is 102 cm³/mol. The molecule has 25 heavy (non-hydrogen) atoms. The van der Waals surface area contributed by atoms with E-state index in [0.29, 0.717) is 24.4 Å². The van der Waals surface area contributed by atoms with Crippen LogP contribution in [0.15, 0.2) is 29.7 Å². The van der Waals surface area contributed by atoms with E-state index in [1.165, 1.54) is 11.9 Å². The van der Waals surface area contributed by atoms with E-state index in [1.807, 2.05) is 30.5 Å². The summed E-state index contributed by atoms with van der Waals surface area (Å²) in [6, 6.07) is 5.40. The highest BCUT2D eigenvalue weighted by molar-refractivity contribution is 8.00. The zero-order valence-electron chi connectivity index (χ0n) is 14.9. The highest BCUT2D eigenvalue weighted by Gasteiger charge is 2.26. The van der Waals surface area contributed by atoms with Crippen LogP contribution in [-0.4, -0.2) is 43.0 Å². The Morgan fingerprint density at radius 3 is 2.88 bits per heavy atom. The molecule has 1 unspecified atom stereocenters. The molecule has 1 atom stereocenters. The van der Waals surface area contributed by atoms with Crippen LogP contribution in [0.25, 0.3) is 0 Å². The first-order chi connectivity index (χ1) is 12.0. The van der Waals surface area contributed by atoms with Crippen LogP contribution in [0.1, 0.15) is 37.0 Å². The van der Waals surface area contributed by atoms with Gasteiger partial charge in [0.2, 0.25) is 5.91 Å². The van der Waals surface area contributed by atoms with Crippen molar-refractivity contribution in [3.8, 4) is 5.75 Å². The van der Waals surface area contributed by atoms with Gasteiger partial charge in [0.05, 0.1) is 12.1 Å². The summed E-state index contributed by atoms with van der Waals surface area (Å²) in [5, 5.41) is 4.88. The topological polar surface area (TPSA) is 70.7 Å². The third-order valence-electron chi connectivity index (χ3n) is 3.95. The van der Waals surface area contributed by atoms with Gasteiger partial charge >= 0.3 is 0 Å². The highest BCUT2D eigenvalue weighted by Crippen LogP contribution is 2.25. The predicted octanol–water partition coefficient (Wildman–Crippen LogP) is 3.03. The minimum absolute atomic E-state index is 0.0397. The molecule has 1 aliphatic rings. The molecule has 0 saturated carbocycles. The Bertz CT molecular complexity index is 648. The van der Waals surface area contributed by atoms with Crippen molar-refractivity contribution in [3.05, 3.63) is 35.2 Å². The lowest BCUT2D eigenvalue weighted by atomic mass is 10.1. The molecule has 0 radical (unpaired) electrons. The minimum atomic E-state index is -0.183. The van der Waals surface area contributed by atoms with E-state index in [9.17, 15) is 9.59 Å². The Morgan fingerprint density at radius 1 is 1.44 bits per heavy atom. The Kier molecular flexibility index (Phi) is 7.18. The number of hydrogen-bond acceptors (Lipinski definition) is 5. The smallest absolute Gasteiger partial charge is 0.263 e. The molecule has 2 N–H and O–H groups in total. The van der Waals surface area contributed by atoms with Crippen LogP contribution in [0.5, 0.6) is 5.75 Å². The highest BCUT2D eigenvalue weighted by atomic mass is 32.2. The lowest BCUT2D eigenvalue weighted by Gasteiger charge is -2.17.